The molecule has 0 amide bonds. The van der Waals surface area contributed by atoms with Gasteiger partial charge in [0.05, 0.1) is 30.5 Å². The van der Waals surface area contributed by atoms with Gasteiger partial charge in [-0.2, -0.15) is 0 Å². The molecule has 0 aliphatic heterocycles. The second-order valence-corrected chi connectivity index (χ2v) is 10.9. The lowest BCUT2D eigenvalue weighted by Gasteiger charge is -2.27. The molecule has 0 aliphatic carbocycles. The van der Waals surface area contributed by atoms with Crippen molar-refractivity contribution >= 4 is 23.9 Å². The molecular formula is C28H43NO8. The molecule has 208 valence electrons. The lowest BCUT2D eigenvalue weighted by molar-refractivity contribution is -0.152. The standard InChI is InChI=1S/C28H43NO8/c1-10-26(5,6)23(31)36-20-13-12-19(16-21(20)37-24(32)27(7,8)11-2)17-28(29,25(33)34-9)14-15-35-22(30)18(3)4/h12-13,16,18H,10-11,14-15,17,29H2,1-9H3/t28-/m1/s1. The van der Waals surface area contributed by atoms with Crippen molar-refractivity contribution in [1.82, 2.24) is 0 Å². The molecule has 0 fully saturated rings. The fourth-order valence-corrected chi connectivity index (χ4v) is 2.92. The highest BCUT2D eigenvalue weighted by Crippen LogP contribution is 2.35. The molecule has 0 aliphatic rings. The SMILES string of the molecule is CCC(C)(C)C(=O)Oc1ccc(C[C@](N)(CCOC(=O)C(C)C)C(=O)OC)cc1OC(=O)C(C)(C)CC. The van der Waals surface area contributed by atoms with E-state index in [9.17, 15) is 19.2 Å². The minimum atomic E-state index is -1.52. The highest BCUT2D eigenvalue weighted by molar-refractivity contribution is 5.82. The summed E-state index contributed by atoms with van der Waals surface area (Å²) in [5.74, 6) is -2.23. The molecule has 2 N–H and O–H groups in total. The van der Waals surface area contributed by atoms with Crippen molar-refractivity contribution < 1.29 is 38.1 Å². The summed E-state index contributed by atoms with van der Waals surface area (Å²) in [5.41, 5.74) is 3.93. The predicted molar refractivity (Wildman–Crippen MR) is 139 cm³/mol. The van der Waals surface area contributed by atoms with E-state index < -0.39 is 40.2 Å². The van der Waals surface area contributed by atoms with Crippen LogP contribution in [0.5, 0.6) is 11.5 Å². The van der Waals surface area contributed by atoms with Crippen LogP contribution in [0.15, 0.2) is 18.2 Å². The van der Waals surface area contributed by atoms with Gasteiger partial charge in [-0.05, 0) is 58.2 Å². The number of hydrogen-bond acceptors (Lipinski definition) is 9. The first-order valence-electron chi connectivity index (χ1n) is 12.6. The average molecular weight is 522 g/mol. The summed E-state index contributed by atoms with van der Waals surface area (Å²) in [6.07, 6.45) is 1.10. The first-order chi connectivity index (χ1) is 17.0. The van der Waals surface area contributed by atoms with E-state index in [1.54, 1.807) is 47.6 Å². The third kappa shape index (κ3) is 8.84. The largest absolute Gasteiger partial charge is 0.468 e. The average Bonchev–Trinajstić information content (AvgIpc) is 2.84. The molecule has 37 heavy (non-hydrogen) atoms. The summed E-state index contributed by atoms with van der Waals surface area (Å²) in [6.45, 7) is 14.1. The molecule has 1 aromatic rings. The molecule has 9 heteroatoms. The van der Waals surface area contributed by atoms with Crippen LogP contribution in [0.3, 0.4) is 0 Å². The van der Waals surface area contributed by atoms with Gasteiger partial charge in [-0.1, -0.05) is 33.8 Å². The summed E-state index contributed by atoms with van der Waals surface area (Å²) in [5, 5.41) is 0. The number of carbonyl (C=O) groups is 4. The Kier molecular flexibility index (Phi) is 11.3. The molecule has 0 spiro atoms. The lowest BCUT2D eigenvalue weighted by atomic mass is 9.88. The second-order valence-electron chi connectivity index (χ2n) is 10.9. The van der Waals surface area contributed by atoms with Crippen molar-refractivity contribution in [2.45, 2.75) is 86.6 Å². The Morgan fingerprint density at radius 3 is 1.84 bits per heavy atom. The molecule has 9 nitrogen and oxygen atoms in total. The van der Waals surface area contributed by atoms with Crippen molar-refractivity contribution in [2.75, 3.05) is 13.7 Å². The summed E-state index contributed by atoms with van der Waals surface area (Å²) in [4.78, 5) is 50.0. The molecule has 0 radical (unpaired) electrons. The Labute approximate surface area is 220 Å². The molecular weight excluding hydrogens is 478 g/mol. The Balaban J connectivity index is 3.35. The van der Waals surface area contributed by atoms with E-state index in [0.29, 0.717) is 18.4 Å². The first kappa shape index (κ1) is 32.1. The number of ether oxygens (including phenoxy) is 4. The van der Waals surface area contributed by atoms with Crippen molar-refractivity contribution in [2.24, 2.45) is 22.5 Å². The molecule has 1 atom stereocenters. The van der Waals surface area contributed by atoms with E-state index in [-0.39, 0.29) is 36.9 Å². The minimum Gasteiger partial charge on any atom is -0.468 e. The van der Waals surface area contributed by atoms with Gasteiger partial charge in [0, 0.05) is 12.8 Å². The van der Waals surface area contributed by atoms with E-state index in [4.69, 9.17) is 24.7 Å². The molecule has 0 saturated carbocycles. The molecule has 0 unspecified atom stereocenters. The lowest BCUT2D eigenvalue weighted by Crippen LogP contribution is -2.51. The van der Waals surface area contributed by atoms with E-state index in [2.05, 4.69) is 0 Å². The van der Waals surface area contributed by atoms with Crippen LogP contribution in [-0.2, 0) is 35.1 Å². The maximum Gasteiger partial charge on any atom is 0.326 e. The van der Waals surface area contributed by atoms with Gasteiger partial charge in [-0.25, -0.2) is 0 Å². The van der Waals surface area contributed by atoms with E-state index in [0.717, 1.165) is 0 Å². The van der Waals surface area contributed by atoms with Crippen LogP contribution in [0.4, 0.5) is 0 Å². The first-order valence-corrected chi connectivity index (χ1v) is 12.6. The maximum atomic E-state index is 12.9. The van der Waals surface area contributed by atoms with Crippen molar-refractivity contribution in [3.8, 4) is 11.5 Å². The van der Waals surface area contributed by atoms with Gasteiger partial charge in [0.2, 0.25) is 0 Å². The predicted octanol–water partition coefficient (Wildman–Crippen LogP) is 4.37. The molecule has 0 heterocycles. The van der Waals surface area contributed by atoms with Crippen molar-refractivity contribution in [1.29, 1.82) is 0 Å². The monoisotopic (exact) mass is 521 g/mol. The van der Waals surface area contributed by atoms with Crippen molar-refractivity contribution in [3.63, 3.8) is 0 Å². The topological polar surface area (TPSA) is 131 Å². The molecule has 1 aromatic carbocycles. The van der Waals surface area contributed by atoms with E-state index >= 15 is 0 Å². The minimum absolute atomic E-state index is 0.00466. The zero-order valence-electron chi connectivity index (χ0n) is 23.7. The fraction of sp³-hybridized carbons (Fsp3) is 0.643. The quantitative estimate of drug-likeness (QED) is 0.297. The van der Waals surface area contributed by atoms with Gasteiger partial charge in [0.1, 0.15) is 5.54 Å². The zero-order valence-corrected chi connectivity index (χ0v) is 23.7. The van der Waals surface area contributed by atoms with Gasteiger partial charge in [0.15, 0.2) is 11.5 Å². The van der Waals surface area contributed by atoms with Crippen LogP contribution < -0.4 is 15.2 Å². The number of methoxy groups -OCH3 is 1. The highest BCUT2D eigenvalue weighted by atomic mass is 16.6. The number of carbonyl (C=O) groups excluding carboxylic acids is 4. The van der Waals surface area contributed by atoms with Gasteiger partial charge in [0.25, 0.3) is 0 Å². The summed E-state index contributed by atoms with van der Waals surface area (Å²) in [7, 11) is 1.22. The smallest absolute Gasteiger partial charge is 0.326 e. The van der Waals surface area contributed by atoms with Gasteiger partial charge >= 0.3 is 23.9 Å². The molecule has 1 rings (SSSR count). The van der Waals surface area contributed by atoms with Gasteiger partial charge in [-0.15, -0.1) is 0 Å². The number of rotatable bonds is 13. The summed E-state index contributed by atoms with van der Waals surface area (Å²) in [6, 6.07) is 4.67. The van der Waals surface area contributed by atoms with Gasteiger partial charge < -0.3 is 24.7 Å². The number of esters is 4. The molecule has 0 saturated heterocycles. The van der Waals surface area contributed by atoms with Crippen LogP contribution in [-0.4, -0.2) is 43.1 Å². The van der Waals surface area contributed by atoms with Crippen LogP contribution in [0.25, 0.3) is 0 Å². The normalized spacial score (nSPS) is 13.5. The number of nitrogens with two attached hydrogens (primary N) is 1. The van der Waals surface area contributed by atoms with Crippen molar-refractivity contribution in [3.05, 3.63) is 23.8 Å². The number of benzene rings is 1. The van der Waals surface area contributed by atoms with Crippen LogP contribution in [0.1, 0.15) is 80.2 Å². The maximum absolute atomic E-state index is 12.9. The third-order valence-electron chi connectivity index (χ3n) is 6.66. The van der Waals surface area contributed by atoms with Crippen LogP contribution in [0.2, 0.25) is 0 Å². The van der Waals surface area contributed by atoms with E-state index in [1.807, 2.05) is 13.8 Å². The fourth-order valence-electron chi connectivity index (χ4n) is 2.92. The molecule has 0 aromatic heterocycles. The van der Waals surface area contributed by atoms with Crippen LogP contribution >= 0.6 is 0 Å². The Morgan fingerprint density at radius 1 is 0.865 bits per heavy atom. The Hall–Kier alpha value is -2.94. The Morgan fingerprint density at radius 2 is 1.38 bits per heavy atom. The number of hydrogen-bond donors (Lipinski definition) is 1. The Bertz CT molecular complexity index is 982. The zero-order chi connectivity index (χ0) is 28.6. The second kappa shape index (κ2) is 13.0. The molecule has 0 bridgehead atoms. The van der Waals surface area contributed by atoms with Gasteiger partial charge in [-0.3, -0.25) is 19.2 Å². The highest BCUT2D eigenvalue weighted by Gasteiger charge is 2.37. The summed E-state index contributed by atoms with van der Waals surface area (Å²) < 4.78 is 21.4. The van der Waals surface area contributed by atoms with E-state index in [1.165, 1.54) is 19.2 Å². The summed E-state index contributed by atoms with van der Waals surface area (Å²) >= 11 is 0. The van der Waals surface area contributed by atoms with Crippen LogP contribution in [0, 0.1) is 16.7 Å². The third-order valence-corrected chi connectivity index (χ3v) is 6.66.